The molecule has 0 unspecified atom stereocenters. The van der Waals surface area contributed by atoms with Crippen molar-refractivity contribution in [3.63, 3.8) is 0 Å². The summed E-state index contributed by atoms with van der Waals surface area (Å²) in [6.07, 6.45) is 6.01. The van der Waals surface area contributed by atoms with Gasteiger partial charge >= 0.3 is 0 Å². The van der Waals surface area contributed by atoms with Gasteiger partial charge in [0.25, 0.3) is 0 Å². The Bertz CT molecular complexity index is 597. The van der Waals surface area contributed by atoms with Crippen LogP contribution in [-0.2, 0) is 16.6 Å². The lowest BCUT2D eigenvalue weighted by Crippen LogP contribution is -2.49. The third-order valence-corrected chi connectivity index (χ3v) is 5.41. The molecule has 0 heterocycles. The third-order valence-electron chi connectivity index (χ3n) is 5.41. The van der Waals surface area contributed by atoms with E-state index in [1.807, 2.05) is 6.07 Å². The zero-order valence-electron chi connectivity index (χ0n) is 12.7. The van der Waals surface area contributed by atoms with Gasteiger partial charge in [-0.3, -0.25) is 4.79 Å². The van der Waals surface area contributed by atoms with Crippen molar-refractivity contribution in [2.24, 2.45) is 11.3 Å². The molecule has 0 aliphatic heterocycles. The molecule has 2 atom stereocenters. The number of rotatable bonds is 1. The van der Waals surface area contributed by atoms with Crippen LogP contribution in [0.1, 0.15) is 38.3 Å². The van der Waals surface area contributed by atoms with E-state index >= 15 is 0 Å². The molecule has 20 heavy (non-hydrogen) atoms. The van der Waals surface area contributed by atoms with Crippen molar-refractivity contribution in [2.75, 3.05) is 7.11 Å². The minimum Gasteiger partial charge on any atom is -0.497 e. The molecule has 0 N–H and O–H groups in total. The van der Waals surface area contributed by atoms with Crippen LogP contribution >= 0.6 is 0 Å². The Morgan fingerprint density at radius 1 is 1.25 bits per heavy atom. The van der Waals surface area contributed by atoms with Crippen molar-refractivity contribution in [3.8, 4) is 5.75 Å². The van der Waals surface area contributed by atoms with Crippen LogP contribution in [0.4, 0.5) is 0 Å². The van der Waals surface area contributed by atoms with Gasteiger partial charge in [-0.15, -0.1) is 0 Å². The first-order chi connectivity index (χ1) is 9.39. The first-order valence-electron chi connectivity index (χ1n) is 7.30. The number of methoxy groups -OCH3 is 1. The van der Waals surface area contributed by atoms with Gasteiger partial charge in [-0.2, -0.15) is 0 Å². The first-order valence-corrected chi connectivity index (χ1v) is 7.30. The van der Waals surface area contributed by atoms with Gasteiger partial charge < -0.3 is 4.74 Å². The summed E-state index contributed by atoms with van der Waals surface area (Å²) in [4.78, 5) is 12.2. The fraction of sp³-hybridized carbons (Fsp3) is 0.500. The molecule has 1 aromatic carbocycles. The lowest BCUT2D eigenvalue weighted by atomic mass is 9.52. The van der Waals surface area contributed by atoms with Gasteiger partial charge in [0, 0.05) is 10.8 Å². The van der Waals surface area contributed by atoms with E-state index in [1.165, 1.54) is 11.1 Å². The van der Waals surface area contributed by atoms with Crippen molar-refractivity contribution in [3.05, 3.63) is 41.5 Å². The molecule has 0 aromatic heterocycles. The molecule has 0 saturated carbocycles. The maximum atomic E-state index is 12.2. The summed E-state index contributed by atoms with van der Waals surface area (Å²) in [7, 11) is 1.70. The number of hydrogen-bond acceptors (Lipinski definition) is 2. The van der Waals surface area contributed by atoms with Crippen LogP contribution < -0.4 is 4.74 Å². The van der Waals surface area contributed by atoms with Crippen LogP contribution in [0, 0.1) is 11.3 Å². The Hall–Kier alpha value is -1.57. The normalized spacial score (nSPS) is 30.6. The van der Waals surface area contributed by atoms with E-state index in [9.17, 15) is 4.79 Å². The smallest absolute Gasteiger partial charge is 0.161 e. The van der Waals surface area contributed by atoms with E-state index in [0.717, 1.165) is 18.6 Å². The number of allylic oxidation sites excluding steroid dienone is 2. The predicted octanol–water partition coefficient (Wildman–Crippen LogP) is 3.68. The summed E-state index contributed by atoms with van der Waals surface area (Å²) in [6, 6.07) is 6.36. The second-order valence-corrected chi connectivity index (χ2v) is 6.82. The van der Waals surface area contributed by atoms with Crippen molar-refractivity contribution in [1.82, 2.24) is 0 Å². The minimum atomic E-state index is -0.287. The number of aryl methyl sites for hydroxylation is 1. The standard InChI is InChI=1S/C18H22O2/c1-17(2)15-8-6-12-5-7-13(20-4)11-14(12)18(15,3)10-9-16(17)19/h5,7,9-11,15H,6,8H2,1-4H3/t15-,18+/m0/s1. The zero-order valence-corrected chi connectivity index (χ0v) is 12.7. The Balaban J connectivity index is 2.20. The number of ketones is 1. The van der Waals surface area contributed by atoms with E-state index in [0.29, 0.717) is 5.92 Å². The van der Waals surface area contributed by atoms with Crippen molar-refractivity contribution < 1.29 is 9.53 Å². The Morgan fingerprint density at radius 3 is 2.70 bits per heavy atom. The quantitative estimate of drug-likeness (QED) is 0.778. The number of carbonyl (C=O) groups excluding carboxylic acids is 1. The zero-order chi connectivity index (χ0) is 14.5. The molecule has 1 aromatic rings. The molecule has 0 spiro atoms. The molecule has 2 nitrogen and oxygen atoms in total. The number of hydrogen-bond donors (Lipinski definition) is 0. The average molecular weight is 270 g/mol. The van der Waals surface area contributed by atoms with Gasteiger partial charge in [-0.05, 0) is 48.1 Å². The molecular weight excluding hydrogens is 248 g/mol. The van der Waals surface area contributed by atoms with Crippen molar-refractivity contribution >= 4 is 5.78 Å². The molecular formula is C18H22O2. The molecule has 0 amide bonds. The Labute approximate surface area is 120 Å². The average Bonchev–Trinajstić information content (AvgIpc) is 2.43. The summed E-state index contributed by atoms with van der Waals surface area (Å²) in [5.41, 5.74) is 2.35. The summed E-state index contributed by atoms with van der Waals surface area (Å²) in [5, 5.41) is 0. The SMILES string of the molecule is COc1ccc2c(c1)[C@@]1(C)C=CC(=O)C(C)(C)[C@@H]1CC2. The van der Waals surface area contributed by atoms with E-state index in [4.69, 9.17) is 4.74 Å². The Kier molecular flexibility index (Phi) is 2.82. The number of benzene rings is 1. The van der Waals surface area contributed by atoms with Gasteiger partial charge in [0.2, 0.25) is 0 Å². The number of fused-ring (bicyclic) bond motifs is 3. The van der Waals surface area contributed by atoms with Crippen molar-refractivity contribution in [1.29, 1.82) is 0 Å². The summed E-state index contributed by atoms with van der Waals surface area (Å²) >= 11 is 0. The second kappa shape index (κ2) is 4.21. The Morgan fingerprint density at radius 2 is 2.00 bits per heavy atom. The van der Waals surface area contributed by atoms with Gasteiger partial charge in [0.15, 0.2) is 5.78 Å². The summed E-state index contributed by atoms with van der Waals surface area (Å²) in [5.74, 6) is 1.51. The van der Waals surface area contributed by atoms with E-state index in [1.54, 1.807) is 13.2 Å². The maximum absolute atomic E-state index is 12.2. The summed E-state index contributed by atoms with van der Waals surface area (Å²) < 4.78 is 5.39. The molecule has 0 saturated heterocycles. The largest absolute Gasteiger partial charge is 0.497 e. The molecule has 2 aliphatic carbocycles. The lowest BCUT2D eigenvalue weighted by Gasteiger charge is -2.50. The number of ether oxygens (including phenoxy) is 1. The lowest BCUT2D eigenvalue weighted by molar-refractivity contribution is -0.127. The third kappa shape index (κ3) is 1.67. The van der Waals surface area contributed by atoms with Gasteiger partial charge in [-0.1, -0.05) is 32.9 Å². The van der Waals surface area contributed by atoms with E-state index in [-0.39, 0.29) is 16.6 Å². The van der Waals surface area contributed by atoms with Crippen LogP contribution in [0.15, 0.2) is 30.4 Å². The highest BCUT2D eigenvalue weighted by Crippen LogP contribution is 2.53. The fourth-order valence-electron chi connectivity index (χ4n) is 4.14. The highest BCUT2D eigenvalue weighted by Gasteiger charge is 2.51. The topological polar surface area (TPSA) is 26.3 Å². The second-order valence-electron chi connectivity index (χ2n) is 6.82. The van der Waals surface area contributed by atoms with Crippen LogP contribution in [0.5, 0.6) is 5.75 Å². The van der Waals surface area contributed by atoms with E-state index < -0.39 is 0 Å². The molecule has 0 bridgehead atoms. The van der Waals surface area contributed by atoms with Crippen LogP contribution in [0.2, 0.25) is 0 Å². The molecule has 0 radical (unpaired) electrons. The van der Waals surface area contributed by atoms with Crippen LogP contribution in [-0.4, -0.2) is 12.9 Å². The molecule has 0 fully saturated rings. The van der Waals surface area contributed by atoms with Crippen molar-refractivity contribution in [2.45, 2.75) is 39.0 Å². The maximum Gasteiger partial charge on any atom is 0.161 e. The van der Waals surface area contributed by atoms with Crippen LogP contribution in [0.25, 0.3) is 0 Å². The monoisotopic (exact) mass is 270 g/mol. The molecule has 2 heteroatoms. The van der Waals surface area contributed by atoms with Gasteiger partial charge in [0.05, 0.1) is 7.11 Å². The first kappa shape index (κ1) is 13.4. The minimum absolute atomic E-state index is 0.0699. The molecule has 2 aliphatic rings. The predicted molar refractivity (Wildman–Crippen MR) is 80.1 cm³/mol. The fourth-order valence-corrected chi connectivity index (χ4v) is 4.14. The number of carbonyl (C=O) groups is 1. The highest BCUT2D eigenvalue weighted by molar-refractivity contribution is 5.96. The van der Waals surface area contributed by atoms with Gasteiger partial charge in [0.1, 0.15) is 5.75 Å². The van der Waals surface area contributed by atoms with E-state index in [2.05, 4.69) is 39.0 Å². The summed E-state index contributed by atoms with van der Waals surface area (Å²) in [6.45, 7) is 6.44. The van der Waals surface area contributed by atoms with Gasteiger partial charge in [-0.25, -0.2) is 0 Å². The molecule has 3 rings (SSSR count). The highest BCUT2D eigenvalue weighted by atomic mass is 16.5. The molecule has 106 valence electrons. The van der Waals surface area contributed by atoms with Crippen LogP contribution in [0.3, 0.4) is 0 Å².